The van der Waals surface area contributed by atoms with Gasteiger partial charge in [-0.3, -0.25) is 9.48 Å². The molecule has 0 bridgehead atoms. The van der Waals surface area contributed by atoms with Gasteiger partial charge in [0.2, 0.25) is 5.91 Å². The fourth-order valence-corrected chi connectivity index (χ4v) is 2.64. The molecule has 130 valence electrons. The normalized spacial score (nSPS) is 10.5. The molecule has 1 amide bonds. The second-order valence-electron chi connectivity index (χ2n) is 5.68. The predicted molar refractivity (Wildman–Crippen MR) is 92.3 cm³/mol. The van der Waals surface area contributed by atoms with Gasteiger partial charge in [-0.1, -0.05) is 6.07 Å². The lowest BCUT2D eigenvalue weighted by Gasteiger charge is -2.22. The van der Waals surface area contributed by atoms with Crippen LogP contribution >= 0.6 is 0 Å². The second kappa shape index (κ2) is 7.86. The molecule has 6 heteroatoms. The minimum Gasteiger partial charge on any atom is -0.493 e. The molecule has 0 aliphatic heterocycles. The van der Waals surface area contributed by atoms with Crippen molar-refractivity contribution in [1.29, 1.82) is 0 Å². The van der Waals surface area contributed by atoms with E-state index in [9.17, 15) is 4.79 Å². The van der Waals surface area contributed by atoms with E-state index in [1.54, 1.807) is 23.8 Å². The highest BCUT2D eigenvalue weighted by atomic mass is 16.5. The topological polar surface area (TPSA) is 56.6 Å². The Morgan fingerprint density at radius 1 is 1.17 bits per heavy atom. The van der Waals surface area contributed by atoms with Gasteiger partial charge in [0.05, 0.1) is 19.9 Å². The second-order valence-corrected chi connectivity index (χ2v) is 5.68. The molecule has 0 aliphatic carbocycles. The number of amides is 1. The number of hydrogen-bond acceptors (Lipinski definition) is 4. The van der Waals surface area contributed by atoms with E-state index >= 15 is 0 Å². The van der Waals surface area contributed by atoms with Gasteiger partial charge in [0.25, 0.3) is 0 Å². The maximum absolute atomic E-state index is 12.6. The molecular formula is C18H25N3O3. The molecule has 0 N–H and O–H groups in total. The van der Waals surface area contributed by atoms with Gasteiger partial charge in [0.1, 0.15) is 6.54 Å². The summed E-state index contributed by atoms with van der Waals surface area (Å²) < 4.78 is 12.3. The first-order valence-electron chi connectivity index (χ1n) is 7.98. The minimum atomic E-state index is 0.0403. The SMILES string of the molecule is CCN(Cc1ccc(OC)c(OC)c1)C(=O)Cn1nc(C)cc1C. The number of benzene rings is 1. The molecule has 0 fully saturated rings. The van der Waals surface area contributed by atoms with Gasteiger partial charge < -0.3 is 14.4 Å². The van der Waals surface area contributed by atoms with Gasteiger partial charge in [-0.25, -0.2) is 0 Å². The number of carbonyl (C=O) groups is 1. The summed E-state index contributed by atoms with van der Waals surface area (Å²) in [7, 11) is 3.21. The van der Waals surface area contributed by atoms with Crippen molar-refractivity contribution in [2.24, 2.45) is 0 Å². The van der Waals surface area contributed by atoms with Crippen molar-refractivity contribution in [1.82, 2.24) is 14.7 Å². The molecule has 24 heavy (non-hydrogen) atoms. The van der Waals surface area contributed by atoms with Gasteiger partial charge in [0.15, 0.2) is 11.5 Å². The molecule has 0 radical (unpaired) electrons. The number of methoxy groups -OCH3 is 2. The third-order valence-electron chi connectivity index (χ3n) is 3.94. The van der Waals surface area contributed by atoms with Gasteiger partial charge in [-0.05, 0) is 44.5 Å². The van der Waals surface area contributed by atoms with Crippen LogP contribution in [0.5, 0.6) is 11.5 Å². The zero-order valence-electron chi connectivity index (χ0n) is 15.0. The molecule has 2 aromatic rings. The van der Waals surface area contributed by atoms with E-state index in [1.165, 1.54) is 0 Å². The third-order valence-corrected chi connectivity index (χ3v) is 3.94. The monoisotopic (exact) mass is 331 g/mol. The fraction of sp³-hybridized carbons (Fsp3) is 0.444. The van der Waals surface area contributed by atoms with Crippen molar-refractivity contribution >= 4 is 5.91 Å². The first-order valence-corrected chi connectivity index (χ1v) is 7.98. The molecule has 0 unspecified atom stereocenters. The largest absolute Gasteiger partial charge is 0.493 e. The van der Waals surface area contributed by atoms with E-state index in [4.69, 9.17) is 9.47 Å². The summed E-state index contributed by atoms with van der Waals surface area (Å²) in [5.41, 5.74) is 2.91. The quantitative estimate of drug-likeness (QED) is 0.782. The molecule has 1 aromatic heterocycles. The number of aromatic nitrogens is 2. The Balaban J connectivity index is 2.11. The Labute approximate surface area is 143 Å². The summed E-state index contributed by atoms with van der Waals surface area (Å²) in [6, 6.07) is 7.67. The van der Waals surface area contributed by atoms with Crippen LogP contribution in [0.4, 0.5) is 0 Å². The molecule has 0 saturated carbocycles. The minimum absolute atomic E-state index is 0.0403. The predicted octanol–water partition coefficient (Wildman–Crippen LogP) is 2.57. The first kappa shape index (κ1) is 17.8. The lowest BCUT2D eigenvalue weighted by atomic mass is 10.2. The van der Waals surface area contributed by atoms with Crippen LogP contribution in [0.2, 0.25) is 0 Å². The van der Waals surface area contributed by atoms with Crippen molar-refractivity contribution in [2.45, 2.75) is 33.9 Å². The zero-order chi connectivity index (χ0) is 17.7. The Bertz CT molecular complexity index is 710. The van der Waals surface area contributed by atoms with Crippen LogP contribution in [0.3, 0.4) is 0 Å². The molecule has 0 aliphatic rings. The summed E-state index contributed by atoms with van der Waals surface area (Å²) in [4.78, 5) is 14.4. The number of likely N-dealkylation sites (N-methyl/N-ethyl adjacent to an activating group) is 1. The van der Waals surface area contributed by atoms with Gasteiger partial charge in [-0.15, -0.1) is 0 Å². The van der Waals surface area contributed by atoms with Crippen LogP contribution in [-0.2, 0) is 17.9 Å². The van der Waals surface area contributed by atoms with E-state index < -0.39 is 0 Å². The van der Waals surface area contributed by atoms with Crippen molar-refractivity contribution in [3.05, 3.63) is 41.2 Å². The molecule has 0 saturated heterocycles. The summed E-state index contributed by atoms with van der Waals surface area (Å²) >= 11 is 0. The molecule has 1 aromatic carbocycles. The molecular weight excluding hydrogens is 306 g/mol. The number of aryl methyl sites for hydroxylation is 2. The molecule has 0 spiro atoms. The van der Waals surface area contributed by atoms with E-state index in [1.807, 2.05) is 45.0 Å². The fourth-order valence-electron chi connectivity index (χ4n) is 2.64. The Morgan fingerprint density at radius 3 is 2.42 bits per heavy atom. The average Bonchev–Trinajstić information content (AvgIpc) is 2.89. The maximum atomic E-state index is 12.6. The van der Waals surface area contributed by atoms with E-state index in [-0.39, 0.29) is 12.5 Å². The Hall–Kier alpha value is -2.50. The van der Waals surface area contributed by atoms with Crippen LogP contribution in [-0.4, -0.2) is 41.4 Å². The standard InChI is InChI=1S/C18H25N3O3/c1-6-20(18(22)12-21-14(3)9-13(2)19-21)11-15-7-8-16(23-4)17(10-15)24-5/h7-10H,6,11-12H2,1-5H3. The first-order chi connectivity index (χ1) is 11.5. The molecule has 6 nitrogen and oxygen atoms in total. The van der Waals surface area contributed by atoms with E-state index in [0.717, 1.165) is 17.0 Å². The maximum Gasteiger partial charge on any atom is 0.244 e. The summed E-state index contributed by atoms with van der Waals surface area (Å²) in [6.45, 7) is 7.26. The lowest BCUT2D eigenvalue weighted by Crippen LogP contribution is -2.33. The number of ether oxygens (including phenoxy) is 2. The van der Waals surface area contributed by atoms with Crippen LogP contribution < -0.4 is 9.47 Å². The van der Waals surface area contributed by atoms with Gasteiger partial charge in [-0.2, -0.15) is 5.10 Å². The van der Waals surface area contributed by atoms with E-state index in [0.29, 0.717) is 24.6 Å². The van der Waals surface area contributed by atoms with Crippen LogP contribution in [0.15, 0.2) is 24.3 Å². The lowest BCUT2D eigenvalue weighted by molar-refractivity contribution is -0.132. The highest BCUT2D eigenvalue weighted by Gasteiger charge is 2.15. The van der Waals surface area contributed by atoms with Crippen molar-refractivity contribution < 1.29 is 14.3 Å². The number of carbonyl (C=O) groups excluding carboxylic acids is 1. The highest BCUT2D eigenvalue weighted by Crippen LogP contribution is 2.28. The summed E-state index contributed by atoms with van der Waals surface area (Å²) in [5, 5.41) is 4.36. The number of hydrogen-bond donors (Lipinski definition) is 0. The van der Waals surface area contributed by atoms with Crippen LogP contribution in [0, 0.1) is 13.8 Å². The zero-order valence-corrected chi connectivity index (χ0v) is 15.0. The summed E-state index contributed by atoms with van der Waals surface area (Å²) in [6.07, 6.45) is 0. The third kappa shape index (κ3) is 4.07. The van der Waals surface area contributed by atoms with Crippen molar-refractivity contribution in [3.63, 3.8) is 0 Å². The Morgan fingerprint density at radius 2 is 1.88 bits per heavy atom. The average molecular weight is 331 g/mol. The van der Waals surface area contributed by atoms with Crippen LogP contribution in [0.25, 0.3) is 0 Å². The number of nitrogens with zero attached hydrogens (tertiary/aromatic N) is 3. The van der Waals surface area contributed by atoms with Crippen molar-refractivity contribution in [3.8, 4) is 11.5 Å². The smallest absolute Gasteiger partial charge is 0.244 e. The summed E-state index contributed by atoms with van der Waals surface area (Å²) in [5.74, 6) is 1.38. The molecule has 2 rings (SSSR count). The van der Waals surface area contributed by atoms with Gasteiger partial charge >= 0.3 is 0 Å². The van der Waals surface area contributed by atoms with Gasteiger partial charge in [0, 0.05) is 18.8 Å². The number of rotatable bonds is 7. The van der Waals surface area contributed by atoms with Crippen molar-refractivity contribution in [2.75, 3.05) is 20.8 Å². The van der Waals surface area contributed by atoms with E-state index in [2.05, 4.69) is 5.10 Å². The molecule has 1 heterocycles. The Kier molecular flexibility index (Phi) is 5.84. The highest BCUT2D eigenvalue weighted by molar-refractivity contribution is 5.76. The van der Waals surface area contributed by atoms with Crippen LogP contribution in [0.1, 0.15) is 23.9 Å². The molecule has 0 atom stereocenters.